The number of phenolic OH excluding ortho intramolecular Hbond substituents is 1. The molecule has 1 N–H and O–H groups in total. The first kappa shape index (κ1) is 11.5. The third kappa shape index (κ3) is 1.97. The lowest BCUT2D eigenvalue weighted by Crippen LogP contribution is -2.02. The van der Waals surface area contributed by atoms with Gasteiger partial charge < -0.3 is 9.52 Å². The molecule has 3 nitrogen and oxygen atoms in total. The zero-order chi connectivity index (χ0) is 13.4. The van der Waals surface area contributed by atoms with Crippen LogP contribution in [0.15, 0.2) is 57.7 Å². The highest BCUT2D eigenvalue weighted by Gasteiger charge is 2.10. The molecule has 0 spiro atoms. The molecule has 0 saturated carbocycles. The highest BCUT2D eigenvalue weighted by atomic mass is 19.1. The zero-order valence-corrected chi connectivity index (χ0v) is 9.76. The number of hydrogen-bond donors (Lipinski definition) is 1. The van der Waals surface area contributed by atoms with Crippen molar-refractivity contribution in [2.75, 3.05) is 0 Å². The van der Waals surface area contributed by atoms with E-state index in [2.05, 4.69) is 0 Å². The summed E-state index contributed by atoms with van der Waals surface area (Å²) in [6, 6.07) is 11.7. The first-order valence-corrected chi connectivity index (χ1v) is 5.67. The van der Waals surface area contributed by atoms with E-state index in [0.717, 1.165) is 0 Å². The number of fused-ring (bicyclic) bond motifs is 1. The number of hydrogen-bond acceptors (Lipinski definition) is 3. The molecule has 0 aliphatic carbocycles. The van der Waals surface area contributed by atoms with Crippen molar-refractivity contribution in [3.05, 3.63) is 64.6 Å². The molecule has 0 bridgehead atoms. The maximum Gasteiger partial charge on any atom is 0.196 e. The van der Waals surface area contributed by atoms with Crippen molar-refractivity contribution in [2.45, 2.75) is 0 Å². The summed E-state index contributed by atoms with van der Waals surface area (Å²) in [7, 11) is 0. The lowest BCUT2D eigenvalue weighted by atomic mass is 10.1. The second-order valence-electron chi connectivity index (χ2n) is 4.13. The van der Waals surface area contributed by atoms with Gasteiger partial charge in [-0.25, -0.2) is 4.39 Å². The molecule has 0 saturated heterocycles. The lowest BCUT2D eigenvalue weighted by Gasteiger charge is -2.03. The molecule has 3 aromatic rings. The summed E-state index contributed by atoms with van der Waals surface area (Å²) in [5.41, 5.74) is 0.416. The predicted molar refractivity (Wildman–Crippen MR) is 69.5 cm³/mol. The van der Waals surface area contributed by atoms with Gasteiger partial charge in [-0.15, -0.1) is 0 Å². The van der Waals surface area contributed by atoms with Crippen molar-refractivity contribution in [1.82, 2.24) is 0 Å². The monoisotopic (exact) mass is 256 g/mol. The van der Waals surface area contributed by atoms with Crippen LogP contribution in [0.2, 0.25) is 0 Å². The summed E-state index contributed by atoms with van der Waals surface area (Å²) in [5.74, 6) is -0.135. The van der Waals surface area contributed by atoms with E-state index in [0.29, 0.717) is 11.3 Å². The third-order valence-corrected chi connectivity index (χ3v) is 2.86. The van der Waals surface area contributed by atoms with Crippen molar-refractivity contribution < 1.29 is 13.9 Å². The molecule has 19 heavy (non-hydrogen) atoms. The second-order valence-corrected chi connectivity index (χ2v) is 4.13. The van der Waals surface area contributed by atoms with Gasteiger partial charge in [0.15, 0.2) is 5.43 Å². The van der Waals surface area contributed by atoms with Crippen molar-refractivity contribution in [3.8, 4) is 17.1 Å². The zero-order valence-electron chi connectivity index (χ0n) is 9.76. The first-order chi connectivity index (χ1) is 9.15. The SMILES string of the molecule is O=c1cc(-c2ccc(O)cc2)oc2cccc(F)c12. The number of aromatic hydroxyl groups is 1. The fraction of sp³-hybridized carbons (Fsp3) is 0. The standard InChI is InChI=1S/C15H9FO3/c16-11-2-1-3-13-15(11)12(18)8-14(19-13)9-4-6-10(17)7-5-9/h1-8,17H. The number of benzene rings is 2. The largest absolute Gasteiger partial charge is 0.508 e. The van der Waals surface area contributed by atoms with Crippen molar-refractivity contribution >= 4 is 11.0 Å². The summed E-state index contributed by atoms with van der Waals surface area (Å²) in [6.45, 7) is 0. The van der Waals surface area contributed by atoms with Gasteiger partial charge in [0.25, 0.3) is 0 Å². The molecular weight excluding hydrogens is 247 g/mol. The molecule has 0 fully saturated rings. The lowest BCUT2D eigenvalue weighted by molar-refractivity contribution is 0.475. The normalized spacial score (nSPS) is 10.8. The molecule has 0 radical (unpaired) electrons. The molecule has 0 aliphatic rings. The highest BCUT2D eigenvalue weighted by molar-refractivity contribution is 5.79. The molecule has 4 heteroatoms. The predicted octanol–water partition coefficient (Wildman–Crippen LogP) is 3.30. The van der Waals surface area contributed by atoms with Crippen LogP contribution in [-0.2, 0) is 0 Å². The first-order valence-electron chi connectivity index (χ1n) is 5.67. The Morgan fingerprint density at radius 1 is 1.05 bits per heavy atom. The Labute approximate surface area is 107 Å². The van der Waals surface area contributed by atoms with E-state index in [4.69, 9.17) is 4.42 Å². The highest BCUT2D eigenvalue weighted by Crippen LogP contribution is 2.24. The molecule has 0 atom stereocenters. The fourth-order valence-electron chi connectivity index (χ4n) is 1.94. The molecule has 0 amide bonds. The molecule has 1 heterocycles. The van der Waals surface area contributed by atoms with Gasteiger partial charge in [-0.05, 0) is 36.4 Å². The van der Waals surface area contributed by atoms with E-state index in [1.54, 1.807) is 18.2 Å². The quantitative estimate of drug-likeness (QED) is 0.726. The fourth-order valence-corrected chi connectivity index (χ4v) is 1.94. The van der Waals surface area contributed by atoms with E-state index >= 15 is 0 Å². The van der Waals surface area contributed by atoms with Crippen molar-refractivity contribution in [2.24, 2.45) is 0 Å². The van der Waals surface area contributed by atoms with Gasteiger partial charge in [0.2, 0.25) is 0 Å². The van der Waals surface area contributed by atoms with Crippen LogP contribution in [0.5, 0.6) is 5.75 Å². The summed E-state index contributed by atoms with van der Waals surface area (Å²) in [4.78, 5) is 11.9. The van der Waals surface area contributed by atoms with Crippen LogP contribution in [0.1, 0.15) is 0 Å². The maximum absolute atomic E-state index is 13.5. The number of rotatable bonds is 1. The van der Waals surface area contributed by atoms with Gasteiger partial charge in [0.05, 0.1) is 0 Å². The summed E-state index contributed by atoms with van der Waals surface area (Å²) in [5, 5.41) is 9.17. The molecule has 0 unspecified atom stereocenters. The number of halogens is 1. The van der Waals surface area contributed by atoms with Gasteiger partial charge in [-0.1, -0.05) is 6.07 Å². The van der Waals surface area contributed by atoms with Gasteiger partial charge in [0.1, 0.15) is 28.3 Å². The van der Waals surface area contributed by atoms with Crippen LogP contribution in [0, 0.1) is 5.82 Å². The molecular formula is C15H9FO3. The molecule has 1 aromatic heterocycles. The second kappa shape index (κ2) is 4.24. The van der Waals surface area contributed by atoms with Crippen LogP contribution >= 0.6 is 0 Å². The van der Waals surface area contributed by atoms with E-state index in [1.165, 1.54) is 30.3 Å². The Morgan fingerprint density at radius 2 is 1.79 bits per heavy atom. The average molecular weight is 256 g/mol. The molecule has 2 aromatic carbocycles. The van der Waals surface area contributed by atoms with Crippen molar-refractivity contribution in [3.63, 3.8) is 0 Å². The van der Waals surface area contributed by atoms with Gasteiger partial charge in [0, 0.05) is 11.6 Å². The van der Waals surface area contributed by atoms with Crippen LogP contribution in [0.25, 0.3) is 22.3 Å². The Morgan fingerprint density at radius 3 is 2.53 bits per heavy atom. The van der Waals surface area contributed by atoms with E-state index < -0.39 is 11.2 Å². The molecule has 94 valence electrons. The topological polar surface area (TPSA) is 50.4 Å². The van der Waals surface area contributed by atoms with Crippen LogP contribution in [0.4, 0.5) is 4.39 Å². The van der Waals surface area contributed by atoms with Gasteiger partial charge >= 0.3 is 0 Å². The Balaban J connectivity index is 2.27. The Hall–Kier alpha value is -2.62. The summed E-state index contributed by atoms with van der Waals surface area (Å²) < 4.78 is 19.1. The molecule has 0 aliphatic heterocycles. The van der Waals surface area contributed by atoms with E-state index in [1.807, 2.05) is 0 Å². The minimum absolute atomic E-state index is 0.0509. The number of phenols is 1. The van der Waals surface area contributed by atoms with Crippen LogP contribution in [0.3, 0.4) is 0 Å². The Bertz CT molecular complexity index is 804. The summed E-state index contributed by atoms with van der Waals surface area (Å²) in [6.07, 6.45) is 0. The third-order valence-electron chi connectivity index (χ3n) is 2.86. The van der Waals surface area contributed by atoms with Crippen LogP contribution < -0.4 is 5.43 Å². The minimum Gasteiger partial charge on any atom is -0.508 e. The smallest absolute Gasteiger partial charge is 0.196 e. The van der Waals surface area contributed by atoms with Crippen molar-refractivity contribution in [1.29, 1.82) is 0 Å². The van der Waals surface area contributed by atoms with Gasteiger partial charge in [-0.3, -0.25) is 4.79 Å². The Kier molecular flexibility index (Phi) is 2.56. The minimum atomic E-state index is -0.594. The van der Waals surface area contributed by atoms with E-state index in [-0.39, 0.29) is 16.7 Å². The summed E-state index contributed by atoms with van der Waals surface area (Å²) >= 11 is 0. The maximum atomic E-state index is 13.5. The van der Waals surface area contributed by atoms with Gasteiger partial charge in [-0.2, -0.15) is 0 Å². The molecule has 3 rings (SSSR count). The van der Waals surface area contributed by atoms with E-state index in [9.17, 15) is 14.3 Å². The average Bonchev–Trinajstić information content (AvgIpc) is 2.39. The van der Waals surface area contributed by atoms with Crippen LogP contribution in [-0.4, -0.2) is 5.11 Å².